The zero-order valence-electron chi connectivity index (χ0n) is 11.0. The first-order valence-electron chi connectivity index (χ1n) is 6.23. The Hall–Kier alpha value is -0.670. The molecule has 96 valence electrons. The Labute approximate surface area is 109 Å². The lowest BCUT2D eigenvalue weighted by Gasteiger charge is -2.17. The average Bonchev–Trinajstić information content (AvgIpc) is 2.38. The number of rotatable bonds is 8. The SMILES string of the molecule is CCSCCCNC(C)c1ccccc1OC. The highest BCUT2D eigenvalue weighted by Crippen LogP contribution is 2.24. The van der Waals surface area contributed by atoms with Crippen LogP contribution in [0.4, 0.5) is 0 Å². The van der Waals surface area contributed by atoms with E-state index in [1.165, 1.54) is 23.5 Å². The van der Waals surface area contributed by atoms with Crippen LogP contribution in [0.5, 0.6) is 5.75 Å². The van der Waals surface area contributed by atoms with Crippen molar-refractivity contribution in [2.24, 2.45) is 0 Å². The minimum atomic E-state index is 0.345. The highest BCUT2D eigenvalue weighted by atomic mass is 32.2. The second kappa shape index (κ2) is 8.43. The van der Waals surface area contributed by atoms with Gasteiger partial charge in [0.1, 0.15) is 5.75 Å². The fourth-order valence-corrected chi connectivity index (χ4v) is 2.41. The standard InChI is InChI=1S/C14H23NOS/c1-4-17-11-7-10-15-12(2)13-8-5-6-9-14(13)16-3/h5-6,8-9,12,15H,4,7,10-11H2,1-3H3. The molecule has 1 rings (SSSR count). The molecule has 0 saturated carbocycles. The molecule has 1 aromatic rings. The normalized spacial score (nSPS) is 12.4. The minimum Gasteiger partial charge on any atom is -0.496 e. The number of nitrogens with one attached hydrogen (secondary N) is 1. The van der Waals surface area contributed by atoms with Crippen molar-refractivity contribution in [3.8, 4) is 5.75 Å². The molecule has 0 fully saturated rings. The third kappa shape index (κ3) is 5.00. The Bertz CT molecular complexity index is 317. The van der Waals surface area contributed by atoms with E-state index >= 15 is 0 Å². The first-order valence-corrected chi connectivity index (χ1v) is 7.39. The lowest BCUT2D eigenvalue weighted by Crippen LogP contribution is -2.20. The summed E-state index contributed by atoms with van der Waals surface area (Å²) in [5.74, 6) is 3.42. The van der Waals surface area contributed by atoms with Crippen molar-refractivity contribution in [2.45, 2.75) is 26.3 Å². The van der Waals surface area contributed by atoms with Crippen LogP contribution in [-0.4, -0.2) is 25.2 Å². The fraction of sp³-hybridized carbons (Fsp3) is 0.571. The molecule has 0 heterocycles. The maximum Gasteiger partial charge on any atom is 0.123 e. The summed E-state index contributed by atoms with van der Waals surface area (Å²) >= 11 is 2.00. The third-order valence-corrected chi connectivity index (χ3v) is 3.71. The van der Waals surface area contributed by atoms with Gasteiger partial charge in [0.15, 0.2) is 0 Å². The predicted octanol–water partition coefficient (Wildman–Crippen LogP) is 3.49. The Morgan fingerprint density at radius 3 is 2.82 bits per heavy atom. The molecule has 0 aliphatic rings. The molecule has 0 spiro atoms. The summed E-state index contributed by atoms with van der Waals surface area (Å²) in [4.78, 5) is 0. The quantitative estimate of drug-likeness (QED) is 0.717. The van der Waals surface area contributed by atoms with Gasteiger partial charge in [-0.1, -0.05) is 25.1 Å². The Morgan fingerprint density at radius 2 is 2.12 bits per heavy atom. The van der Waals surface area contributed by atoms with Gasteiger partial charge in [0, 0.05) is 11.6 Å². The molecular weight excluding hydrogens is 230 g/mol. The van der Waals surface area contributed by atoms with Gasteiger partial charge < -0.3 is 10.1 Å². The summed E-state index contributed by atoms with van der Waals surface area (Å²) in [6.07, 6.45) is 1.22. The van der Waals surface area contributed by atoms with Crippen LogP contribution in [0.1, 0.15) is 31.9 Å². The van der Waals surface area contributed by atoms with Crippen LogP contribution < -0.4 is 10.1 Å². The summed E-state index contributed by atoms with van der Waals surface area (Å²) in [6.45, 7) is 5.45. The summed E-state index contributed by atoms with van der Waals surface area (Å²) in [5.41, 5.74) is 1.23. The molecule has 1 unspecified atom stereocenters. The van der Waals surface area contributed by atoms with Gasteiger partial charge >= 0.3 is 0 Å². The second-order valence-electron chi connectivity index (χ2n) is 3.97. The van der Waals surface area contributed by atoms with Gasteiger partial charge in [-0.2, -0.15) is 11.8 Å². The number of hydrogen-bond acceptors (Lipinski definition) is 3. The lowest BCUT2D eigenvalue weighted by molar-refractivity contribution is 0.402. The van der Waals surface area contributed by atoms with E-state index in [-0.39, 0.29) is 0 Å². The van der Waals surface area contributed by atoms with Gasteiger partial charge in [0.2, 0.25) is 0 Å². The zero-order valence-corrected chi connectivity index (χ0v) is 11.8. The van der Waals surface area contributed by atoms with Crippen LogP contribution in [0.15, 0.2) is 24.3 Å². The van der Waals surface area contributed by atoms with E-state index in [1.54, 1.807) is 7.11 Å². The summed E-state index contributed by atoms with van der Waals surface area (Å²) < 4.78 is 5.37. The summed E-state index contributed by atoms with van der Waals surface area (Å²) in [5, 5.41) is 3.54. The van der Waals surface area contributed by atoms with E-state index in [1.807, 2.05) is 23.9 Å². The van der Waals surface area contributed by atoms with Gasteiger partial charge in [-0.05, 0) is 37.5 Å². The van der Waals surface area contributed by atoms with E-state index in [9.17, 15) is 0 Å². The molecule has 0 aromatic heterocycles. The third-order valence-electron chi connectivity index (χ3n) is 2.73. The van der Waals surface area contributed by atoms with Gasteiger partial charge in [0.25, 0.3) is 0 Å². The Balaban J connectivity index is 2.38. The monoisotopic (exact) mass is 253 g/mol. The largest absolute Gasteiger partial charge is 0.496 e. The molecule has 17 heavy (non-hydrogen) atoms. The molecule has 1 aromatic carbocycles. The first-order chi connectivity index (χ1) is 8.29. The van der Waals surface area contributed by atoms with Gasteiger partial charge in [0.05, 0.1) is 7.11 Å². The minimum absolute atomic E-state index is 0.345. The van der Waals surface area contributed by atoms with Crippen LogP contribution in [0.2, 0.25) is 0 Å². The number of ether oxygens (including phenoxy) is 1. The molecule has 2 nitrogen and oxygen atoms in total. The van der Waals surface area contributed by atoms with Crippen LogP contribution >= 0.6 is 11.8 Å². The summed E-state index contributed by atoms with van der Waals surface area (Å²) in [6, 6.07) is 8.55. The molecule has 0 saturated heterocycles. The van der Waals surface area contributed by atoms with Crippen LogP contribution in [-0.2, 0) is 0 Å². The molecular formula is C14H23NOS. The van der Waals surface area contributed by atoms with Gasteiger partial charge in [-0.15, -0.1) is 0 Å². The molecule has 0 aliphatic heterocycles. The predicted molar refractivity (Wildman–Crippen MR) is 77.0 cm³/mol. The molecule has 3 heteroatoms. The maximum atomic E-state index is 5.37. The average molecular weight is 253 g/mol. The molecule has 0 radical (unpaired) electrons. The van der Waals surface area contributed by atoms with Crippen molar-refractivity contribution in [3.63, 3.8) is 0 Å². The molecule has 0 aliphatic carbocycles. The summed E-state index contributed by atoms with van der Waals surface area (Å²) in [7, 11) is 1.73. The number of hydrogen-bond donors (Lipinski definition) is 1. The van der Waals surface area contributed by atoms with E-state index in [0.717, 1.165) is 12.3 Å². The molecule has 0 bridgehead atoms. The Morgan fingerprint density at radius 1 is 1.35 bits per heavy atom. The smallest absolute Gasteiger partial charge is 0.123 e. The molecule has 0 amide bonds. The van der Waals surface area contributed by atoms with E-state index in [2.05, 4.69) is 31.3 Å². The van der Waals surface area contributed by atoms with Gasteiger partial charge in [-0.25, -0.2) is 0 Å². The maximum absolute atomic E-state index is 5.37. The molecule has 1 atom stereocenters. The first kappa shape index (κ1) is 14.4. The number of thioether (sulfide) groups is 1. The van der Waals surface area contributed by atoms with Crippen molar-refractivity contribution in [1.82, 2.24) is 5.32 Å². The van der Waals surface area contributed by atoms with Crippen LogP contribution in [0, 0.1) is 0 Å². The van der Waals surface area contributed by atoms with Crippen molar-refractivity contribution in [3.05, 3.63) is 29.8 Å². The van der Waals surface area contributed by atoms with E-state index in [0.29, 0.717) is 6.04 Å². The van der Waals surface area contributed by atoms with Crippen LogP contribution in [0.3, 0.4) is 0 Å². The Kier molecular flexibility index (Phi) is 7.13. The lowest BCUT2D eigenvalue weighted by atomic mass is 10.1. The van der Waals surface area contributed by atoms with Crippen molar-refractivity contribution in [1.29, 1.82) is 0 Å². The topological polar surface area (TPSA) is 21.3 Å². The van der Waals surface area contributed by atoms with Crippen molar-refractivity contribution < 1.29 is 4.74 Å². The fourth-order valence-electron chi connectivity index (χ4n) is 1.77. The van der Waals surface area contributed by atoms with Gasteiger partial charge in [-0.3, -0.25) is 0 Å². The van der Waals surface area contributed by atoms with Crippen LogP contribution in [0.25, 0.3) is 0 Å². The zero-order chi connectivity index (χ0) is 12.5. The highest BCUT2D eigenvalue weighted by molar-refractivity contribution is 7.99. The van der Waals surface area contributed by atoms with Crippen molar-refractivity contribution in [2.75, 3.05) is 25.2 Å². The van der Waals surface area contributed by atoms with E-state index < -0.39 is 0 Å². The molecule has 1 N–H and O–H groups in total. The number of methoxy groups -OCH3 is 1. The van der Waals surface area contributed by atoms with Crippen molar-refractivity contribution >= 4 is 11.8 Å². The number of para-hydroxylation sites is 1. The highest BCUT2D eigenvalue weighted by Gasteiger charge is 2.09. The number of benzene rings is 1. The second-order valence-corrected chi connectivity index (χ2v) is 5.36. The van der Waals surface area contributed by atoms with E-state index in [4.69, 9.17) is 4.74 Å².